The summed E-state index contributed by atoms with van der Waals surface area (Å²) in [5, 5.41) is 38.5. The van der Waals surface area contributed by atoms with Gasteiger partial charge in [-0.15, -0.1) is 0 Å². The molecule has 0 aromatic heterocycles. The van der Waals surface area contributed by atoms with Gasteiger partial charge in [0, 0.05) is 12.8 Å². The zero-order valence-electron chi connectivity index (χ0n) is 10.9. The van der Waals surface area contributed by atoms with Crippen molar-refractivity contribution in [2.75, 3.05) is 13.2 Å². The van der Waals surface area contributed by atoms with E-state index in [1.165, 1.54) is 0 Å². The van der Waals surface area contributed by atoms with Crippen molar-refractivity contribution in [3.63, 3.8) is 0 Å². The van der Waals surface area contributed by atoms with E-state index in [0.29, 0.717) is 13.0 Å². The van der Waals surface area contributed by atoms with Crippen molar-refractivity contribution in [3.05, 3.63) is 0 Å². The first kappa shape index (κ1) is 14.6. The Morgan fingerprint density at radius 1 is 1.05 bits per heavy atom. The summed E-state index contributed by atoms with van der Waals surface area (Å²) in [6.07, 6.45) is -5.64. The Morgan fingerprint density at radius 2 is 1.85 bits per heavy atom. The third-order valence-electron chi connectivity index (χ3n) is 3.95. The van der Waals surface area contributed by atoms with E-state index in [4.69, 9.17) is 24.1 Å². The zero-order chi connectivity index (χ0) is 14.3. The highest BCUT2D eigenvalue weighted by Crippen LogP contribution is 2.32. The number of hydrogen-bond acceptors (Lipinski definition) is 8. The van der Waals surface area contributed by atoms with E-state index in [9.17, 15) is 15.3 Å². The molecule has 0 spiro atoms. The van der Waals surface area contributed by atoms with Crippen LogP contribution in [-0.4, -0.2) is 82.8 Å². The maximum atomic E-state index is 9.90. The van der Waals surface area contributed by atoms with E-state index < -0.39 is 43.1 Å². The summed E-state index contributed by atoms with van der Waals surface area (Å²) in [5.74, 6) is 0. The average molecular weight is 292 g/mol. The molecule has 116 valence electrons. The second-order valence-corrected chi connectivity index (χ2v) is 5.46. The van der Waals surface area contributed by atoms with Crippen molar-refractivity contribution in [3.8, 4) is 0 Å². The topological polar surface area (TPSA) is 118 Å². The van der Waals surface area contributed by atoms with Crippen LogP contribution in [0.3, 0.4) is 0 Å². The summed E-state index contributed by atoms with van der Waals surface area (Å²) in [5.41, 5.74) is 0. The van der Waals surface area contributed by atoms with Crippen molar-refractivity contribution in [2.24, 2.45) is 0 Å². The molecule has 8 nitrogen and oxygen atoms in total. The largest absolute Gasteiger partial charge is 0.394 e. The molecule has 20 heavy (non-hydrogen) atoms. The maximum absolute atomic E-state index is 9.90. The van der Waals surface area contributed by atoms with Gasteiger partial charge in [0.15, 0.2) is 12.6 Å². The van der Waals surface area contributed by atoms with Gasteiger partial charge in [-0.25, -0.2) is 0 Å². The van der Waals surface area contributed by atoms with Crippen LogP contribution in [-0.2, 0) is 18.9 Å². The van der Waals surface area contributed by atoms with Gasteiger partial charge < -0.3 is 39.4 Å². The molecule has 3 heterocycles. The highest BCUT2D eigenvalue weighted by Gasteiger charge is 2.47. The fourth-order valence-electron chi connectivity index (χ4n) is 2.80. The molecule has 8 heteroatoms. The summed E-state index contributed by atoms with van der Waals surface area (Å²) in [6, 6.07) is 0. The van der Waals surface area contributed by atoms with Crippen LogP contribution in [0.5, 0.6) is 0 Å². The number of aliphatic hydroxyl groups is 4. The monoisotopic (exact) mass is 292 g/mol. The Kier molecular flexibility index (Phi) is 4.25. The smallest absolute Gasteiger partial charge is 0.186 e. The predicted octanol–water partition coefficient (Wildman–Crippen LogP) is -2.29. The summed E-state index contributed by atoms with van der Waals surface area (Å²) in [6.45, 7) is 0.0449. The standard InChI is InChI=1S/C12H20O8/c13-3-5-1-6(14)10(16)12(18-5)19-8-2-7(15)11-17-4-9(8)20-11/h5-16H,1-4H2/t5-,6-,7+,8-,9+,10+,11+,12-/m0/s1. The number of ether oxygens (including phenoxy) is 4. The number of aliphatic hydroxyl groups excluding tert-OH is 4. The fourth-order valence-corrected chi connectivity index (χ4v) is 2.80. The van der Waals surface area contributed by atoms with Crippen molar-refractivity contribution in [2.45, 2.75) is 62.0 Å². The first-order valence-electron chi connectivity index (χ1n) is 6.81. The number of hydrogen-bond donors (Lipinski definition) is 4. The Bertz CT molecular complexity index is 339. The Labute approximate surface area is 115 Å². The van der Waals surface area contributed by atoms with E-state index in [1.807, 2.05) is 0 Å². The quantitative estimate of drug-likeness (QED) is 0.459. The molecule has 2 bridgehead atoms. The van der Waals surface area contributed by atoms with Gasteiger partial charge in [-0.1, -0.05) is 0 Å². The molecular formula is C12H20O8. The van der Waals surface area contributed by atoms with Gasteiger partial charge in [0.25, 0.3) is 0 Å². The molecular weight excluding hydrogens is 272 g/mol. The SMILES string of the molecule is OC[C@@H]1C[C@H](O)[C@@H](O)[C@H](O[C@H]2C[C@@H](O)[C@@H]3OC[C@H]2O3)O1. The van der Waals surface area contributed by atoms with Crippen molar-refractivity contribution in [1.82, 2.24) is 0 Å². The molecule has 3 rings (SSSR count). The van der Waals surface area contributed by atoms with Gasteiger partial charge in [0.1, 0.15) is 18.3 Å². The second kappa shape index (κ2) is 5.82. The maximum Gasteiger partial charge on any atom is 0.186 e. The predicted molar refractivity (Wildman–Crippen MR) is 62.5 cm³/mol. The van der Waals surface area contributed by atoms with Gasteiger partial charge in [-0.2, -0.15) is 0 Å². The number of rotatable bonds is 3. The third kappa shape index (κ3) is 2.70. The average Bonchev–Trinajstić information content (AvgIpc) is 2.87. The van der Waals surface area contributed by atoms with Crippen molar-refractivity contribution in [1.29, 1.82) is 0 Å². The van der Waals surface area contributed by atoms with Crippen molar-refractivity contribution >= 4 is 0 Å². The van der Waals surface area contributed by atoms with Gasteiger partial charge in [0.2, 0.25) is 0 Å². The first-order valence-corrected chi connectivity index (χ1v) is 6.81. The normalized spacial score (nSPS) is 52.2. The molecule has 3 aliphatic rings. The van der Waals surface area contributed by atoms with Crippen LogP contribution >= 0.6 is 0 Å². The van der Waals surface area contributed by atoms with Gasteiger partial charge in [-0.05, 0) is 0 Å². The minimum absolute atomic E-state index is 0.149. The summed E-state index contributed by atoms with van der Waals surface area (Å²) >= 11 is 0. The van der Waals surface area contributed by atoms with E-state index in [1.54, 1.807) is 0 Å². The van der Waals surface area contributed by atoms with Crippen LogP contribution in [0, 0.1) is 0 Å². The molecule has 0 aromatic rings. The Hall–Kier alpha value is -0.320. The number of fused-ring (bicyclic) bond motifs is 2. The molecule has 3 saturated heterocycles. The molecule has 4 N–H and O–H groups in total. The van der Waals surface area contributed by atoms with Crippen LogP contribution in [0.1, 0.15) is 12.8 Å². The molecule has 0 radical (unpaired) electrons. The summed E-state index contributed by atoms with van der Waals surface area (Å²) in [4.78, 5) is 0. The molecule has 0 amide bonds. The molecule has 0 unspecified atom stereocenters. The van der Waals surface area contributed by atoms with Crippen LogP contribution in [0.4, 0.5) is 0 Å². The zero-order valence-corrected chi connectivity index (χ0v) is 10.9. The molecule has 3 aliphatic heterocycles. The Balaban J connectivity index is 1.63. The van der Waals surface area contributed by atoms with Gasteiger partial charge in [-0.3, -0.25) is 0 Å². The molecule has 0 aromatic carbocycles. The Morgan fingerprint density at radius 3 is 2.60 bits per heavy atom. The molecule has 3 fully saturated rings. The van der Waals surface area contributed by atoms with Crippen LogP contribution in [0.2, 0.25) is 0 Å². The van der Waals surface area contributed by atoms with Gasteiger partial charge in [0.05, 0.1) is 31.5 Å². The lowest BCUT2D eigenvalue weighted by atomic mass is 10.0. The minimum atomic E-state index is -1.20. The van der Waals surface area contributed by atoms with E-state index in [0.717, 1.165) is 0 Å². The molecule has 0 saturated carbocycles. The second-order valence-electron chi connectivity index (χ2n) is 5.46. The lowest BCUT2D eigenvalue weighted by molar-refractivity contribution is -0.304. The highest BCUT2D eigenvalue weighted by atomic mass is 16.8. The fraction of sp³-hybridized carbons (Fsp3) is 1.00. The minimum Gasteiger partial charge on any atom is -0.394 e. The van der Waals surface area contributed by atoms with E-state index in [2.05, 4.69) is 0 Å². The van der Waals surface area contributed by atoms with Crippen LogP contribution in [0.15, 0.2) is 0 Å². The van der Waals surface area contributed by atoms with Gasteiger partial charge >= 0.3 is 0 Å². The highest BCUT2D eigenvalue weighted by molar-refractivity contribution is 4.89. The molecule has 8 atom stereocenters. The third-order valence-corrected chi connectivity index (χ3v) is 3.95. The van der Waals surface area contributed by atoms with Crippen molar-refractivity contribution < 1.29 is 39.4 Å². The lowest BCUT2D eigenvalue weighted by Gasteiger charge is -2.40. The van der Waals surface area contributed by atoms with E-state index in [-0.39, 0.29) is 19.1 Å². The first-order chi connectivity index (χ1) is 9.58. The van der Waals surface area contributed by atoms with Crippen LogP contribution < -0.4 is 0 Å². The molecule has 0 aliphatic carbocycles. The summed E-state index contributed by atoms with van der Waals surface area (Å²) in [7, 11) is 0. The van der Waals surface area contributed by atoms with Crippen LogP contribution in [0.25, 0.3) is 0 Å². The van der Waals surface area contributed by atoms with E-state index >= 15 is 0 Å². The lowest BCUT2D eigenvalue weighted by Crippen LogP contribution is -2.54. The summed E-state index contributed by atoms with van der Waals surface area (Å²) < 4.78 is 21.7.